The van der Waals surface area contributed by atoms with Gasteiger partial charge < -0.3 is 4.74 Å². The lowest BCUT2D eigenvalue weighted by Gasteiger charge is -2.16. The normalized spacial score (nSPS) is 11.5. The van der Waals surface area contributed by atoms with Crippen LogP contribution in [0.3, 0.4) is 0 Å². The van der Waals surface area contributed by atoms with E-state index in [1.54, 1.807) is 0 Å². The minimum atomic E-state index is 0.105. The Hall–Kier alpha value is -0.530. The van der Waals surface area contributed by atoms with Gasteiger partial charge in [-0.15, -0.1) is 0 Å². The van der Waals surface area contributed by atoms with Crippen LogP contribution in [0.15, 0.2) is 0 Å². The van der Waals surface area contributed by atoms with Gasteiger partial charge in [-0.2, -0.15) is 0 Å². The first kappa shape index (κ1) is 37.5. The van der Waals surface area contributed by atoms with Gasteiger partial charge >= 0.3 is 5.97 Å². The molecule has 228 valence electrons. The van der Waals surface area contributed by atoms with Crippen LogP contribution in [0.25, 0.3) is 0 Å². The van der Waals surface area contributed by atoms with E-state index in [9.17, 15) is 4.79 Å². The van der Waals surface area contributed by atoms with Crippen LogP contribution >= 0.6 is 0 Å². The Bertz CT molecular complexity index is 431. The minimum absolute atomic E-state index is 0.105. The first-order chi connectivity index (χ1) is 18.8. The number of carbonyl (C=O) groups excluding carboxylic acids is 1. The van der Waals surface area contributed by atoms with Crippen LogP contribution in [0.2, 0.25) is 0 Å². The van der Waals surface area contributed by atoms with Gasteiger partial charge in [-0.1, -0.05) is 194 Å². The lowest BCUT2D eigenvalue weighted by Crippen LogP contribution is -2.18. The van der Waals surface area contributed by atoms with Crippen LogP contribution in [0.1, 0.15) is 213 Å². The maximum atomic E-state index is 12.8. The van der Waals surface area contributed by atoms with Crippen LogP contribution in [0.5, 0.6) is 0 Å². The molecule has 0 bridgehead atoms. The van der Waals surface area contributed by atoms with E-state index >= 15 is 0 Å². The number of unbranched alkanes of at least 4 members (excludes halogenated alkanes) is 25. The molecule has 0 fully saturated rings. The predicted octanol–water partition coefficient (Wildman–Crippen LogP) is 12.9. The summed E-state index contributed by atoms with van der Waals surface area (Å²) in [5.41, 5.74) is 0. The summed E-state index contributed by atoms with van der Waals surface area (Å²) in [6.45, 7) is 7.47. The van der Waals surface area contributed by atoms with E-state index in [0.29, 0.717) is 6.61 Å². The largest absolute Gasteiger partial charge is 0.465 e. The molecule has 0 aromatic carbocycles. The molecule has 0 saturated heterocycles. The molecule has 0 aliphatic rings. The Labute approximate surface area is 241 Å². The number of carbonyl (C=O) groups is 1. The highest BCUT2D eigenvalue weighted by atomic mass is 16.5. The van der Waals surface area contributed by atoms with Crippen molar-refractivity contribution in [3.05, 3.63) is 0 Å². The summed E-state index contributed by atoms with van der Waals surface area (Å²) >= 11 is 0. The Morgan fingerprint density at radius 2 is 0.658 bits per heavy atom. The lowest BCUT2D eigenvalue weighted by molar-refractivity contribution is -0.149. The van der Waals surface area contributed by atoms with Gasteiger partial charge in [0.1, 0.15) is 0 Å². The monoisotopic (exact) mass is 537 g/mol. The smallest absolute Gasteiger partial charge is 0.308 e. The van der Waals surface area contributed by atoms with Crippen molar-refractivity contribution in [1.82, 2.24) is 0 Å². The number of hydrogen-bond donors (Lipinski definition) is 0. The molecule has 0 aromatic heterocycles. The van der Waals surface area contributed by atoms with Crippen LogP contribution in [-0.2, 0) is 9.53 Å². The second-order valence-electron chi connectivity index (χ2n) is 12.3. The van der Waals surface area contributed by atoms with E-state index < -0.39 is 0 Å². The van der Waals surface area contributed by atoms with Gasteiger partial charge in [0.25, 0.3) is 0 Å². The summed E-state index contributed by atoms with van der Waals surface area (Å²) in [5, 5.41) is 0. The molecular formula is C36H72O2. The van der Waals surface area contributed by atoms with E-state index in [4.69, 9.17) is 4.74 Å². The average molecular weight is 537 g/mol. The molecule has 2 nitrogen and oxygen atoms in total. The molecule has 2 heteroatoms. The summed E-state index contributed by atoms with van der Waals surface area (Å²) in [6, 6.07) is 0. The summed E-state index contributed by atoms with van der Waals surface area (Å²) in [4.78, 5) is 12.8. The minimum Gasteiger partial charge on any atom is -0.465 e. The van der Waals surface area contributed by atoms with E-state index in [0.717, 1.165) is 19.3 Å². The molecule has 0 unspecified atom stereocenters. The van der Waals surface area contributed by atoms with Crippen molar-refractivity contribution in [3.8, 4) is 0 Å². The Kier molecular flexibility index (Phi) is 32.2. The lowest BCUT2D eigenvalue weighted by atomic mass is 9.94. The molecule has 0 saturated carbocycles. The molecule has 0 amide bonds. The second kappa shape index (κ2) is 32.7. The van der Waals surface area contributed by atoms with E-state index in [1.165, 1.54) is 173 Å². The molecule has 38 heavy (non-hydrogen) atoms. The van der Waals surface area contributed by atoms with Crippen molar-refractivity contribution >= 4 is 5.97 Å². The van der Waals surface area contributed by atoms with Crippen molar-refractivity contribution in [2.45, 2.75) is 213 Å². The Morgan fingerprint density at radius 1 is 0.395 bits per heavy atom. The fourth-order valence-electron chi connectivity index (χ4n) is 5.66. The second-order valence-corrected chi connectivity index (χ2v) is 12.3. The molecular weight excluding hydrogens is 464 g/mol. The summed E-state index contributed by atoms with van der Waals surface area (Å²) < 4.78 is 5.78. The Morgan fingerprint density at radius 3 is 0.974 bits per heavy atom. The van der Waals surface area contributed by atoms with Crippen LogP contribution in [0, 0.1) is 5.92 Å². The van der Waals surface area contributed by atoms with Gasteiger partial charge in [0.15, 0.2) is 0 Å². The predicted molar refractivity (Wildman–Crippen MR) is 170 cm³/mol. The quantitative estimate of drug-likeness (QED) is 0.0631. The maximum Gasteiger partial charge on any atom is 0.308 e. The first-order valence-corrected chi connectivity index (χ1v) is 17.9. The highest BCUT2D eigenvalue weighted by Gasteiger charge is 2.19. The van der Waals surface area contributed by atoms with Crippen molar-refractivity contribution in [3.63, 3.8) is 0 Å². The molecule has 0 aromatic rings. The van der Waals surface area contributed by atoms with Crippen LogP contribution < -0.4 is 0 Å². The highest BCUT2D eigenvalue weighted by molar-refractivity contribution is 5.72. The molecule has 0 N–H and O–H groups in total. The molecule has 0 rings (SSSR count). The van der Waals surface area contributed by atoms with Crippen molar-refractivity contribution < 1.29 is 9.53 Å². The van der Waals surface area contributed by atoms with Crippen LogP contribution in [0.4, 0.5) is 0 Å². The van der Waals surface area contributed by atoms with E-state index in [-0.39, 0.29) is 11.9 Å². The third kappa shape index (κ3) is 28.5. The SMILES string of the molecule is CCCCCCCCCCCCCCCCCCOC(=O)C(CCCCCCCC)CCCCCCCC. The van der Waals surface area contributed by atoms with Gasteiger partial charge in [-0.05, 0) is 19.3 Å². The third-order valence-electron chi connectivity index (χ3n) is 8.39. The molecule has 0 aliphatic carbocycles. The van der Waals surface area contributed by atoms with Crippen molar-refractivity contribution in [1.29, 1.82) is 0 Å². The fraction of sp³-hybridized carbons (Fsp3) is 0.972. The zero-order valence-electron chi connectivity index (χ0n) is 26.8. The summed E-state index contributed by atoms with van der Waals surface area (Å²) in [7, 11) is 0. The zero-order chi connectivity index (χ0) is 27.8. The first-order valence-electron chi connectivity index (χ1n) is 17.9. The summed E-state index contributed by atoms with van der Waals surface area (Å²) in [5.74, 6) is 0.251. The number of rotatable bonds is 32. The van der Waals surface area contributed by atoms with Gasteiger partial charge in [-0.3, -0.25) is 4.79 Å². The molecule has 0 spiro atoms. The number of hydrogen-bond acceptors (Lipinski definition) is 2. The van der Waals surface area contributed by atoms with Gasteiger partial charge in [-0.25, -0.2) is 0 Å². The van der Waals surface area contributed by atoms with E-state index in [2.05, 4.69) is 20.8 Å². The zero-order valence-corrected chi connectivity index (χ0v) is 26.8. The van der Waals surface area contributed by atoms with Crippen LogP contribution in [-0.4, -0.2) is 12.6 Å². The van der Waals surface area contributed by atoms with Gasteiger partial charge in [0.2, 0.25) is 0 Å². The standard InChI is InChI=1S/C36H72O2/c1-4-7-10-13-16-17-18-19-20-21-22-23-24-25-28-31-34-38-36(37)35(32-29-26-14-11-8-5-2)33-30-27-15-12-9-6-3/h35H,4-34H2,1-3H3. The average Bonchev–Trinajstić information content (AvgIpc) is 2.92. The molecule has 0 atom stereocenters. The van der Waals surface area contributed by atoms with Gasteiger partial charge in [0.05, 0.1) is 12.5 Å². The summed E-state index contributed by atoms with van der Waals surface area (Å²) in [6.07, 6.45) is 39.7. The fourth-order valence-corrected chi connectivity index (χ4v) is 5.66. The van der Waals surface area contributed by atoms with Gasteiger partial charge in [0, 0.05) is 0 Å². The topological polar surface area (TPSA) is 26.3 Å². The Balaban J connectivity index is 3.75. The molecule has 0 aliphatic heterocycles. The maximum absolute atomic E-state index is 12.8. The van der Waals surface area contributed by atoms with E-state index in [1.807, 2.05) is 0 Å². The number of esters is 1. The molecule has 0 radical (unpaired) electrons. The molecule has 0 heterocycles. The third-order valence-corrected chi connectivity index (χ3v) is 8.39. The highest BCUT2D eigenvalue weighted by Crippen LogP contribution is 2.21. The number of ether oxygens (including phenoxy) is 1. The van der Waals surface area contributed by atoms with Crippen molar-refractivity contribution in [2.75, 3.05) is 6.61 Å². The van der Waals surface area contributed by atoms with Crippen molar-refractivity contribution in [2.24, 2.45) is 5.92 Å².